The van der Waals surface area contributed by atoms with Crippen LogP contribution in [0, 0.1) is 5.41 Å². The Hall–Kier alpha value is -1.53. The normalized spacial score (nSPS) is 19.0. The molecule has 1 heterocycles. The zero-order valence-electron chi connectivity index (χ0n) is 16.6. The van der Waals surface area contributed by atoms with Crippen molar-refractivity contribution in [3.63, 3.8) is 0 Å². The second-order valence-electron chi connectivity index (χ2n) is 8.22. The van der Waals surface area contributed by atoms with Crippen LogP contribution in [0.15, 0.2) is 18.2 Å². The molecular weight excluding hydrogens is 319 g/mol. The standard InChI is InChI=1S/C19H29BO5/c1-17(2,16(21)23-8)12-13-9-10-15(22-7)14(11-13)20-24-18(3,4)19(5,6)25-20/h9-11H,12H2,1-8H3. The Balaban J connectivity index is 2.34. The van der Waals surface area contributed by atoms with Gasteiger partial charge in [0.1, 0.15) is 5.75 Å². The molecule has 0 saturated carbocycles. The van der Waals surface area contributed by atoms with E-state index in [1.165, 1.54) is 7.11 Å². The molecule has 5 nitrogen and oxygen atoms in total. The Labute approximate surface area is 151 Å². The lowest BCUT2D eigenvalue weighted by Crippen LogP contribution is -2.41. The van der Waals surface area contributed by atoms with E-state index in [9.17, 15) is 4.79 Å². The highest BCUT2D eigenvalue weighted by atomic mass is 16.7. The van der Waals surface area contributed by atoms with E-state index in [1.54, 1.807) is 7.11 Å². The van der Waals surface area contributed by atoms with Crippen molar-refractivity contribution < 1.29 is 23.6 Å². The van der Waals surface area contributed by atoms with E-state index in [-0.39, 0.29) is 5.97 Å². The van der Waals surface area contributed by atoms with Crippen LogP contribution in [0.1, 0.15) is 47.1 Å². The minimum Gasteiger partial charge on any atom is -0.497 e. The van der Waals surface area contributed by atoms with Crippen LogP contribution >= 0.6 is 0 Å². The molecule has 1 aliphatic heterocycles. The van der Waals surface area contributed by atoms with E-state index in [4.69, 9.17) is 18.8 Å². The zero-order chi connectivity index (χ0) is 19.0. The van der Waals surface area contributed by atoms with Crippen molar-refractivity contribution in [2.24, 2.45) is 5.41 Å². The van der Waals surface area contributed by atoms with Crippen LogP contribution < -0.4 is 10.2 Å². The minimum absolute atomic E-state index is 0.236. The fourth-order valence-corrected chi connectivity index (χ4v) is 2.91. The van der Waals surface area contributed by atoms with Crippen LogP contribution in [0.5, 0.6) is 5.75 Å². The van der Waals surface area contributed by atoms with Crippen LogP contribution in [0.25, 0.3) is 0 Å². The summed E-state index contributed by atoms with van der Waals surface area (Å²) in [5.74, 6) is 0.471. The highest BCUT2D eigenvalue weighted by molar-refractivity contribution is 6.63. The van der Waals surface area contributed by atoms with Crippen molar-refractivity contribution in [3.8, 4) is 5.75 Å². The summed E-state index contributed by atoms with van der Waals surface area (Å²) in [5, 5.41) is 0. The smallest absolute Gasteiger partial charge is 0.497 e. The maximum absolute atomic E-state index is 12.0. The van der Waals surface area contributed by atoms with Crippen LogP contribution in [0.4, 0.5) is 0 Å². The largest absolute Gasteiger partial charge is 0.498 e. The Bertz CT molecular complexity index is 635. The molecule has 25 heavy (non-hydrogen) atoms. The van der Waals surface area contributed by atoms with Gasteiger partial charge in [-0.25, -0.2) is 0 Å². The summed E-state index contributed by atoms with van der Waals surface area (Å²) in [4.78, 5) is 12.0. The van der Waals surface area contributed by atoms with E-state index in [2.05, 4.69) is 0 Å². The van der Waals surface area contributed by atoms with Gasteiger partial charge >= 0.3 is 13.1 Å². The molecule has 6 heteroatoms. The van der Waals surface area contributed by atoms with Crippen molar-refractivity contribution >= 4 is 18.6 Å². The fraction of sp³-hybridized carbons (Fsp3) is 0.632. The van der Waals surface area contributed by atoms with E-state index in [1.807, 2.05) is 59.7 Å². The van der Waals surface area contributed by atoms with E-state index in [0.717, 1.165) is 11.0 Å². The number of benzene rings is 1. The van der Waals surface area contributed by atoms with Gasteiger partial charge in [-0.1, -0.05) is 12.1 Å². The third-order valence-corrected chi connectivity index (χ3v) is 5.19. The molecule has 0 atom stereocenters. The van der Waals surface area contributed by atoms with Crippen molar-refractivity contribution in [2.75, 3.05) is 14.2 Å². The van der Waals surface area contributed by atoms with Gasteiger partial charge in [-0.15, -0.1) is 0 Å². The summed E-state index contributed by atoms with van der Waals surface area (Å²) in [5.41, 5.74) is 0.366. The highest BCUT2D eigenvalue weighted by Crippen LogP contribution is 2.37. The van der Waals surface area contributed by atoms with Crippen LogP contribution in [-0.2, 0) is 25.3 Å². The Morgan fingerprint density at radius 3 is 2.16 bits per heavy atom. The monoisotopic (exact) mass is 348 g/mol. The third kappa shape index (κ3) is 3.85. The number of hydrogen-bond acceptors (Lipinski definition) is 5. The molecule has 1 aliphatic rings. The van der Waals surface area contributed by atoms with Gasteiger partial charge in [-0.05, 0) is 59.6 Å². The number of hydrogen-bond donors (Lipinski definition) is 0. The molecule has 0 bridgehead atoms. The second-order valence-corrected chi connectivity index (χ2v) is 8.22. The third-order valence-electron chi connectivity index (χ3n) is 5.19. The second kappa shape index (κ2) is 6.65. The van der Waals surface area contributed by atoms with Gasteiger partial charge in [0.05, 0.1) is 30.8 Å². The molecular formula is C19H29BO5. The first-order valence-electron chi connectivity index (χ1n) is 8.54. The summed E-state index contributed by atoms with van der Waals surface area (Å²) >= 11 is 0. The molecule has 0 aliphatic carbocycles. The van der Waals surface area contributed by atoms with Gasteiger partial charge in [0.25, 0.3) is 0 Å². The van der Waals surface area contributed by atoms with Gasteiger partial charge in [-0.3, -0.25) is 4.79 Å². The molecule has 0 radical (unpaired) electrons. The lowest BCUT2D eigenvalue weighted by Gasteiger charge is -2.32. The first-order valence-corrected chi connectivity index (χ1v) is 8.54. The van der Waals surface area contributed by atoms with Gasteiger partial charge in [0.2, 0.25) is 0 Å². The lowest BCUT2D eigenvalue weighted by molar-refractivity contribution is -0.150. The summed E-state index contributed by atoms with van der Waals surface area (Å²) in [6.07, 6.45) is 0.552. The molecule has 0 N–H and O–H groups in total. The molecule has 1 aromatic carbocycles. The van der Waals surface area contributed by atoms with Gasteiger partial charge in [0, 0.05) is 5.46 Å². The summed E-state index contributed by atoms with van der Waals surface area (Å²) in [6, 6.07) is 5.84. The topological polar surface area (TPSA) is 54.0 Å². The highest BCUT2D eigenvalue weighted by Gasteiger charge is 2.52. The molecule has 0 aromatic heterocycles. The minimum atomic E-state index is -0.615. The van der Waals surface area contributed by atoms with Crippen molar-refractivity contribution in [1.29, 1.82) is 0 Å². The molecule has 0 amide bonds. The SMILES string of the molecule is COC(=O)C(C)(C)Cc1ccc(OC)c(B2OC(C)(C)C(C)(C)O2)c1. The average Bonchev–Trinajstić information content (AvgIpc) is 2.74. The van der Waals surface area contributed by atoms with Crippen LogP contribution in [-0.4, -0.2) is 38.5 Å². The first kappa shape index (κ1) is 19.8. The number of ether oxygens (including phenoxy) is 2. The van der Waals surface area contributed by atoms with Gasteiger partial charge < -0.3 is 18.8 Å². The summed E-state index contributed by atoms with van der Waals surface area (Å²) in [7, 11) is 2.52. The molecule has 1 aromatic rings. The van der Waals surface area contributed by atoms with Gasteiger partial charge in [-0.2, -0.15) is 0 Å². The Morgan fingerprint density at radius 1 is 1.12 bits per heavy atom. The molecule has 1 saturated heterocycles. The predicted octanol–water partition coefficient (Wildman–Crippen LogP) is 2.74. The molecule has 0 unspecified atom stereocenters. The van der Waals surface area contributed by atoms with Crippen molar-refractivity contribution in [1.82, 2.24) is 0 Å². The number of methoxy groups -OCH3 is 2. The Morgan fingerprint density at radius 2 is 1.68 bits per heavy atom. The lowest BCUT2D eigenvalue weighted by atomic mass is 9.76. The number of carbonyl (C=O) groups is 1. The quantitative estimate of drug-likeness (QED) is 0.605. The maximum Gasteiger partial charge on any atom is 0.498 e. The molecule has 0 spiro atoms. The number of esters is 1. The maximum atomic E-state index is 12.0. The van der Waals surface area contributed by atoms with Gasteiger partial charge in [0.15, 0.2) is 0 Å². The first-order chi connectivity index (χ1) is 11.4. The van der Waals surface area contributed by atoms with E-state index >= 15 is 0 Å². The van der Waals surface area contributed by atoms with Crippen LogP contribution in [0.2, 0.25) is 0 Å². The van der Waals surface area contributed by atoms with E-state index < -0.39 is 23.7 Å². The molecule has 2 rings (SSSR count). The number of rotatable bonds is 5. The molecule has 1 fully saturated rings. The van der Waals surface area contributed by atoms with E-state index in [0.29, 0.717) is 12.2 Å². The van der Waals surface area contributed by atoms with Crippen LogP contribution in [0.3, 0.4) is 0 Å². The predicted molar refractivity (Wildman–Crippen MR) is 98.2 cm³/mol. The fourth-order valence-electron chi connectivity index (χ4n) is 2.91. The average molecular weight is 348 g/mol. The summed E-state index contributed by atoms with van der Waals surface area (Å²) < 4.78 is 22.7. The van der Waals surface area contributed by atoms with Crippen molar-refractivity contribution in [3.05, 3.63) is 23.8 Å². The summed E-state index contributed by atoms with van der Waals surface area (Å²) in [6.45, 7) is 11.8. The Kier molecular flexibility index (Phi) is 5.27. The zero-order valence-corrected chi connectivity index (χ0v) is 16.6. The molecule has 138 valence electrons. The number of carbonyl (C=O) groups excluding carboxylic acids is 1. The van der Waals surface area contributed by atoms with Crippen molar-refractivity contribution in [2.45, 2.75) is 59.2 Å².